The number of ether oxygens (including phenoxy) is 1. The highest BCUT2D eigenvalue weighted by atomic mass is 16.5. The van der Waals surface area contributed by atoms with E-state index < -0.39 is 0 Å². The summed E-state index contributed by atoms with van der Waals surface area (Å²) in [7, 11) is 1.63. The van der Waals surface area contributed by atoms with Gasteiger partial charge in [0.15, 0.2) is 0 Å². The van der Waals surface area contributed by atoms with E-state index >= 15 is 0 Å². The summed E-state index contributed by atoms with van der Waals surface area (Å²) in [5, 5.41) is 4.13. The maximum Gasteiger partial charge on any atom is 0.224 e. The molecule has 4 rings (SSSR count). The van der Waals surface area contributed by atoms with E-state index in [1.165, 1.54) is 5.56 Å². The summed E-state index contributed by atoms with van der Waals surface area (Å²) < 4.78 is 10.8. The van der Waals surface area contributed by atoms with Gasteiger partial charge in [-0.05, 0) is 24.1 Å². The second-order valence-electron chi connectivity index (χ2n) is 7.07. The summed E-state index contributed by atoms with van der Waals surface area (Å²) in [4.78, 5) is 14.9. The van der Waals surface area contributed by atoms with E-state index in [-0.39, 0.29) is 11.9 Å². The van der Waals surface area contributed by atoms with E-state index in [4.69, 9.17) is 9.15 Å². The van der Waals surface area contributed by atoms with Crippen LogP contribution in [-0.4, -0.2) is 37.0 Å². The Morgan fingerprint density at radius 3 is 2.93 bits per heavy atom. The number of amides is 1. The maximum absolute atomic E-state index is 12.5. The van der Waals surface area contributed by atoms with Crippen molar-refractivity contribution in [2.45, 2.75) is 25.4 Å². The van der Waals surface area contributed by atoms with Crippen LogP contribution in [0.2, 0.25) is 0 Å². The normalized spacial score (nSPS) is 17.3. The standard InChI is InChI=1S/C22H24N2O3/c1-26-19-7-8-20-17(15-27-21(20)12-19)11-22(25)23-18-9-10-24(14-18)13-16-5-3-2-4-6-16/h2-8,12,15,18H,9-11,13-14H2,1H3,(H,23,25). The topological polar surface area (TPSA) is 54.7 Å². The predicted octanol–water partition coefficient (Wildman–Crippen LogP) is 3.37. The Bertz CT molecular complexity index is 920. The molecule has 1 N–H and O–H groups in total. The smallest absolute Gasteiger partial charge is 0.224 e. The van der Waals surface area contributed by atoms with Crippen LogP contribution in [0, 0.1) is 0 Å². The van der Waals surface area contributed by atoms with Crippen LogP contribution in [-0.2, 0) is 17.8 Å². The lowest BCUT2D eigenvalue weighted by atomic mass is 10.1. The lowest BCUT2D eigenvalue weighted by Crippen LogP contribution is -2.37. The van der Waals surface area contributed by atoms with Gasteiger partial charge in [-0.25, -0.2) is 0 Å². The summed E-state index contributed by atoms with van der Waals surface area (Å²) in [5.74, 6) is 0.789. The van der Waals surface area contributed by atoms with Crippen LogP contribution < -0.4 is 10.1 Å². The summed E-state index contributed by atoms with van der Waals surface area (Å²) in [6.45, 7) is 2.83. The number of likely N-dealkylation sites (tertiary alicyclic amines) is 1. The Labute approximate surface area is 158 Å². The van der Waals surface area contributed by atoms with Crippen molar-refractivity contribution in [2.75, 3.05) is 20.2 Å². The quantitative estimate of drug-likeness (QED) is 0.729. The third-order valence-electron chi connectivity index (χ3n) is 5.10. The molecule has 140 valence electrons. The van der Waals surface area contributed by atoms with E-state index in [1.54, 1.807) is 13.4 Å². The van der Waals surface area contributed by atoms with Crippen molar-refractivity contribution in [3.05, 3.63) is 65.9 Å². The maximum atomic E-state index is 12.5. The van der Waals surface area contributed by atoms with Gasteiger partial charge in [-0.15, -0.1) is 0 Å². The third kappa shape index (κ3) is 4.14. The number of benzene rings is 2. The summed E-state index contributed by atoms with van der Waals surface area (Å²) in [5.41, 5.74) is 2.96. The highest BCUT2D eigenvalue weighted by molar-refractivity contribution is 5.88. The Morgan fingerprint density at radius 1 is 1.26 bits per heavy atom. The van der Waals surface area contributed by atoms with Crippen LogP contribution in [0.3, 0.4) is 0 Å². The average molecular weight is 364 g/mol. The lowest BCUT2D eigenvalue weighted by molar-refractivity contribution is -0.121. The number of nitrogens with zero attached hydrogens (tertiary/aromatic N) is 1. The number of hydrogen-bond acceptors (Lipinski definition) is 4. The summed E-state index contributed by atoms with van der Waals surface area (Å²) in [6, 6.07) is 16.3. The molecule has 0 saturated carbocycles. The first-order valence-electron chi connectivity index (χ1n) is 9.31. The van der Waals surface area contributed by atoms with Crippen molar-refractivity contribution >= 4 is 16.9 Å². The van der Waals surface area contributed by atoms with Gasteiger partial charge in [-0.2, -0.15) is 0 Å². The molecule has 1 amide bonds. The zero-order chi connectivity index (χ0) is 18.6. The number of fused-ring (bicyclic) bond motifs is 1. The number of nitrogens with one attached hydrogen (secondary N) is 1. The third-order valence-corrected chi connectivity index (χ3v) is 5.10. The van der Waals surface area contributed by atoms with Crippen molar-refractivity contribution in [3.63, 3.8) is 0 Å². The Morgan fingerprint density at radius 2 is 2.11 bits per heavy atom. The molecule has 1 aliphatic heterocycles. The van der Waals surface area contributed by atoms with E-state index in [2.05, 4.69) is 34.5 Å². The lowest BCUT2D eigenvalue weighted by Gasteiger charge is -2.16. The fourth-order valence-corrected chi connectivity index (χ4v) is 3.71. The summed E-state index contributed by atoms with van der Waals surface area (Å²) >= 11 is 0. The SMILES string of the molecule is COc1ccc2c(CC(=O)NC3CCN(Cc4ccccc4)C3)coc2c1. The van der Waals surface area contributed by atoms with Gasteiger partial charge < -0.3 is 14.5 Å². The van der Waals surface area contributed by atoms with Crippen LogP contribution in [0.4, 0.5) is 0 Å². The van der Waals surface area contributed by atoms with Gasteiger partial charge in [0.25, 0.3) is 0 Å². The summed E-state index contributed by atoms with van der Waals surface area (Å²) in [6.07, 6.45) is 2.98. The predicted molar refractivity (Wildman–Crippen MR) is 105 cm³/mol. The van der Waals surface area contributed by atoms with Gasteiger partial charge >= 0.3 is 0 Å². The minimum Gasteiger partial charge on any atom is -0.497 e. The average Bonchev–Trinajstić information content (AvgIpc) is 3.29. The molecule has 2 heterocycles. The molecule has 1 fully saturated rings. The fraction of sp³-hybridized carbons (Fsp3) is 0.318. The van der Waals surface area contributed by atoms with Gasteiger partial charge in [0.2, 0.25) is 5.91 Å². The molecule has 1 aromatic heterocycles. The van der Waals surface area contributed by atoms with Crippen molar-refractivity contribution in [2.24, 2.45) is 0 Å². The van der Waals surface area contributed by atoms with E-state index in [1.807, 2.05) is 24.3 Å². The molecule has 1 saturated heterocycles. The zero-order valence-corrected chi connectivity index (χ0v) is 15.5. The highest BCUT2D eigenvalue weighted by Gasteiger charge is 2.24. The molecule has 1 atom stereocenters. The fourth-order valence-electron chi connectivity index (χ4n) is 3.71. The molecular weight excluding hydrogens is 340 g/mol. The number of methoxy groups -OCH3 is 1. The minimum absolute atomic E-state index is 0.0417. The molecule has 0 radical (unpaired) electrons. The van der Waals surface area contributed by atoms with Crippen LogP contribution >= 0.6 is 0 Å². The molecule has 2 aromatic carbocycles. The van der Waals surface area contributed by atoms with Gasteiger partial charge in [0.1, 0.15) is 11.3 Å². The molecule has 5 nitrogen and oxygen atoms in total. The highest BCUT2D eigenvalue weighted by Crippen LogP contribution is 2.26. The van der Waals surface area contributed by atoms with Crippen molar-refractivity contribution < 1.29 is 13.9 Å². The van der Waals surface area contributed by atoms with Crippen molar-refractivity contribution in [1.29, 1.82) is 0 Å². The number of hydrogen-bond donors (Lipinski definition) is 1. The van der Waals surface area contributed by atoms with Gasteiger partial charge in [-0.3, -0.25) is 9.69 Å². The Kier molecular flexibility index (Phi) is 5.12. The van der Waals surface area contributed by atoms with Crippen LogP contribution in [0.15, 0.2) is 59.2 Å². The second-order valence-corrected chi connectivity index (χ2v) is 7.07. The second kappa shape index (κ2) is 7.84. The number of rotatable bonds is 6. The van der Waals surface area contributed by atoms with Crippen LogP contribution in [0.5, 0.6) is 5.75 Å². The van der Waals surface area contributed by atoms with Gasteiger partial charge in [-0.1, -0.05) is 30.3 Å². The molecule has 0 spiro atoms. The monoisotopic (exact) mass is 364 g/mol. The zero-order valence-electron chi connectivity index (χ0n) is 15.5. The molecule has 1 aliphatic rings. The number of furan rings is 1. The molecule has 0 aliphatic carbocycles. The minimum atomic E-state index is 0.0417. The molecule has 5 heteroatoms. The first-order valence-corrected chi connectivity index (χ1v) is 9.31. The van der Waals surface area contributed by atoms with Crippen molar-refractivity contribution in [3.8, 4) is 5.75 Å². The molecular formula is C22H24N2O3. The first kappa shape index (κ1) is 17.6. The number of carbonyl (C=O) groups is 1. The first-order chi connectivity index (χ1) is 13.2. The Balaban J connectivity index is 1.32. The molecule has 1 unspecified atom stereocenters. The Hall–Kier alpha value is -2.79. The largest absolute Gasteiger partial charge is 0.497 e. The van der Waals surface area contributed by atoms with Crippen LogP contribution in [0.25, 0.3) is 11.0 Å². The van der Waals surface area contributed by atoms with Crippen LogP contribution in [0.1, 0.15) is 17.5 Å². The number of carbonyl (C=O) groups excluding carboxylic acids is 1. The molecule has 3 aromatic rings. The molecule has 27 heavy (non-hydrogen) atoms. The van der Waals surface area contributed by atoms with Crippen molar-refractivity contribution in [1.82, 2.24) is 10.2 Å². The molecule has 0 bridgehead atoms. The van der Waals surface area contributed by atoms with Gasteiger partial charge in [0, 0.05) is 42.7 Å². The van der Waals surface area contributed by atoms with Gasteiger partial charge in [0.05, 0.1) is 19.8 Å². The van der Waals surface area contributed by atoms with E-state index in [9.17, 15) is 4.79 Å². The van der Waals surface area contributed by atoms with E-state index in [0.717, 1.165) is 48.3 Å². The van der Waals surface area contributed by atoms with E-state index in [0.29, 0.717) is 6.42 Å².